The van der Waals surface area contributed by atoms with Crippen molar-refractivity contribution < 1.29 is 27.4 Å². The highest BCUT2D eigenvalue weighted by Crippen LogP contribution is 2.18. The number of ether oxygens (including phenoxy) is 3. The number of benzene rings is 1. The first-order valence-corrected chi connectivity index (χ1v) is 9.35. The second-order valence-corrected chi connectivity index (χ2v) is 6.56. The van der Waals surface area contributed by atoms with Gasteiger partial charge in [-0.15, -0.1) is 0 Å². The zero-order chi connectivity index (χ0) is 20.2. The van der Waals surface area contributed by atoms with E-state index >= 15 is 0 Å². The third kappa shape index (κ3) is 9.27. The Morgan fingerprint density at radius 3 is 2.68 bits per heavy atom. The van der Waals surface area contributed by atoms with Gasteiger partial charge in [-0.05, 0) is 30.5 Å². The molecule has 1 unspecified atom stereocenters. The summed E-state index contributed by atoms with van der Waals surface area (Å²) in [6, 6.07) is 6.47. The molecule has 0 aliphatic carbocycles. The summed E-state index contributed by atoms with van der Waals surface area (Å²) >= 11 is 0. The quantitative estimate of drug-likeness (QED) is 0.357. The van der Waals surface area contributed by atoms with Crippen LogP contribution >= 0.6 is 0 Å². The molecule has 1 atom stereocenters. The fourth-order valence-electron chi connectivity index (χ4n) is 2.62. The molecule has 9 heteroatoms. The summed E-state index contributed by atoms with van der Waals surface area (Å²) < 4.78 is 52.1. The lowest BCUT2D eigenvalue weighted by molar-refractivity contribution is -0.153. The number of rotatable bonds is 10. The highest BCUT2D eigenvalue weighted by atomic mass is 19.4. The van der Waals surface area contributed by atoms with Gasteiger partial charge in [-0.3, -0.25) is 4.99 Å². The van der Waals surface area contributed by atoms with Crippen LogP contribution in [0.4, 0.5) is 13.2 Å². The maximum absolute atomic E-state index is 12.1. The average molecular weight is 403 g/mol. The van der Waals surface area contributed by atoms with Crippen molar-refractivity contribution in [1.82, 2.24) is 10.6 Å². The molecule has 1 aliphatic heterocycles. The van der Waals surface area contributed by atoms with Crippen molar-refractivity contribution in [2.75, 3.05) is 46.6 Å². The van der Waals surface area contributed by atoms with Gasteiger partial charge in [0.15, 0.2) is 12.6 Å². The third-order valence-electron chi connectivity index (χ3n) is 4.14. The summed E-state index contributed by atoms with van der Waals surface area (Å²) in [5.74, 6) is 1.36. The number of halogens is 3. The summed E-state index contributed by atoms with van der Waals surface area (Å²) in [5.41, 5.74) is 0.907. The third-order valence-corrected chi connectivity index (χ3v) is 4.14. The molecule has 1 aromatic rings. The van der Waals surface area contributed by atoms with E-state index < -0.39 is 12.8 Å². The number of guanidine groups is 1. The zero-order valence-corrected chi connectivity index (χ0v) is 16.1. The van der Waals surface area contributed by atoms with E-state index in [0.29, 0.717) is 25.0 Å². The topological polar surface area (TPSA) is 64.1 Å². The number of nitrogens with zero attached hydrogens (tertiary/aromatic N) is 1. The van der Waals surface area contributed by atoms with Crippen LogP contribution in [-0.4, -0.2) is 58.8 Å². The van der Waals surface area contributed by atoms with E-state index in [1.807, 2.05) is 0 Å². The molecular weight excluding hydrogens is 375 g/mol. The minimum Gasteiger partial charge on any atom is -0.484 e. The van der Waals surface area contributed by atoms with Gasteiger partial charge in [0.1, 0.15) is 5.75 Å². The van der Waals surface area contributed by atoms with Crippen LogP contribution in [0, 0.1) is 5.92 Å². The zero-order valence-electron chi connectivity index (χ0n) is 16.1. The summed E-state index contributed by atoms with van der Waals surface area (Å²) in [5, 5.41) is 6.36. The Kier molecular flexibility index (Phi) is 9.36. The van der Waals surface area contributed by atoms with Crippen molar-refractivity contribution in [2.24, 2.45) is 10.9 Å². The molecule has 6 nitrogen and oxygen atoms in total. The van der Waals surface area contributed by atoms with E-state index in [4.69, 9.17) is 9.47 Å². The molecule has 2 N–H and O–H groups in total. The van der Waals surface area contributed by atoms with E-state index in [-0.39, 0.29) is 5.75 Å². The largest absolute Gasteiger partial charge is 0.484 e. The number of aliphatic imine (C=N–C) groups is 1. The van der Waals surface area contributed by atoms with Crippen molar-refractivity contribution in [2.45, 2.75) is 25.6 Å². The highest BCUT2D eigenvalue weighted by molar-refractivity contribution is 5.79. The fraction of sp³-hybridized carbons (Fsp3) is 0.632. The molecule has 28 heavy (non-hydrogen) atoms. The Bertz CT molecular complexity index is 588. The number of hydrogen-bond donors (Lipinski definition) is 2. The number of hydrogen-bond acceptors (Lipinski definition) is 4. The molecule has 0 saturated carbocycles. The molecule has 1 aromatic carbocycles. The normalized spacial score (nSPS) is 17.6. The van der Waals surface area contributed by atoms with Crippen molar-refractivity contribution in [3.05, 3.63) is 29.8 Å². The molecule has 1 fully saturated rings. The molecule has 2 rings (SSSR count). The predicted octanol–water partition coefficient (Wildman–Crippen LogP) is 2.74. The van der Waals surface area contributed by atoms with Gasteiger partial charge in [0, 0.05) is 39.3 Å². The molecule has 1 heterocycles. The lowest BCUT2D eigenvalue weighted by Gasteiger charge is -2.13. The van der Waals surface area contributed by atoms with Gasteiger partial charge in [0.05, 0.1) is 13.2 Å². The maximum atomic E-state index is 12.1. The second-order valence-electron chi connectivity index (χ2n) is 6.56. The van der Waals surface area contributed by atoms with Crippen molar-refractivity contribution in [3.63, 3.8) is 0 Å². The van der Waals surface area contributed by atoms with Crippen LogP contribution in [0.25, 0.3) is 0 Å². The first-order valence-electron chi connectivity index (χ1n) is 9.35. The Hall–Kier alpha value is -2.00. The smallest absolute Gasteiger partial charge is 0.422 e. The van der Waals surface area contributed by atoms with Gasteiger partial charge in [-0.25, -0.2) is 0 Å². The Morgan fingerprint density at radius 1 is 1.25 bits per heavy atom. The van der Waals surface area contributed by atoms with Crippen LogP contribution in [0.5, 0.6) is 5.75 Å². The summed E-state index contributed by atoms with van der Waals surface area (Å²) in [6.07, 6.45) is -2.40. The van der Waals surface area contributed by atoms with Crippen molar-refractivity contribution >= 4 is 5.96 Å². The highest BCUT2D eigenvalue weighted by Gasteiger charge is 2.28. The Balaban J connectivity index is 1.58. The Morgan fingerprint density at radius 2 is 2.04 bits per heavy atom. The van der Waals surface area contributed by atoms with Crippen LogP contribution in [0.15, 0.2) is 29.3 Å². The second kappa shape index (κ2) is 11.8. The molecule has 158 valence electrons. The molecule has 1 aliphatic rings. The lowest BCUT2D eigenvalue weighted by Crippen LogP contribution is -2.37. The van der Waals surface area contributed by atoms with Crippen LogP contribution in [-0.2, 0) is 16.0 Å². The molecule has 0 amide bonds. The van der Waals surface area contributed by atoms with E-state index in [0.717, 1.165) is 44.8 Å². The van der Waals surface area contributed by atoms with Crippen LogP contribution in [0.1, 0.15) is 18.4 Å². The van der Waals surface area contributed by atoms with Gasteiger partial charge in [-0.2, -0.15) is 13.2 Å². The summed E-state index contributed by atoms with van der Waals surface area (Å²) in [4.78, 5) is 4.15. The summed E-state index contributed by atoms with van der Waals surface area (Å²) in [7, 11) is 1.68. The Labute approximate surface area is 163 Å². The molecule has 0 spiro atoms. The van der Waals surface area contributed by atoms with Gasteiger partial charge in [-0.1, -0.05) is 12.1 Å². The minimum atomic E-state index is -4.34. The van der Waals surface area contributed by atoms with Crippen molar-refractivity contribution in [3.8, 4) is 5.75 Å². The van der Waals surface area contributed by atoms with Crippen LogP contribution < -0.4 is 15.4 Å². The lowest BCUT2D eigenvalue weighted by atomic mass is 10.1. The first kappa shape index (κ1) is 22.3. The maximum Gasteiger partial charge on any atom is 0.422 e. The van der Waals surface area contributed by atoms with E-state index in [1.165, 1.54) is 12.1 Å². The first-order chi connectivity index (χ1) is 13.5. The molecule has 0 bridgehead atoms. The average Bonchev–Trinajstić information content (AvgIpc) is 3.19. The molecule has 0 radical (unpaired) electrons. The van der Waals surface area contributed by atoms with Gasteiger partial charge >= 0.3 is 6.18 Å². The standard InChI is InChI=1S/C19H28F3N3O3/c1-23-18(24-8-2-9-26-12-16-7-10-27-13-16)25-11-15-3-5-17(6-4-15)28-14-19(20,21)22/h3-6,16H,2,7-14H2,1H3,(H2,23,24,25). The van der Waals surface area contributed by atoms with Crippen LogP contribution in [0.2, 0.25) is 0 Å². The summed E-state index contributed by atoms with van der Waals surface area (Å²) in [6.45, 7) is 2.99. The number of nitrogens with one attached hydrogen (secondary N) is 2. The monoisotopic (exact) mass is 403 g/mol. The van der Waals surface area contributed by atoms with Gasteiger partial charge in [0.25, 0.3) is 0 Å². The molecule has 1 saturated heterocycles. The number of alkyl halides is 3. The van der Waals surface area contributed by atoms with E-state index in [2.05, 4.69) is 20.4 Å². The molecular formula is C19H28F3N3O3. The predicted molar refractivity (Wildman–Crippen MR) is 101 cm³/mol. The van der Waals surface area contributed by atoms with Crippen LogP contribution in [0.3, 0.4) is 0 Å². The minimum absolute atomic E-state index is 0.188. The van der Waals surface area contributed by atoms with Gasteiger partial charge in [0.2, 0.25) is 0 Å². The molecule has 0 aromatic heterocycles. The van der Waals surface area contributed by atoms with E-state index in [9.17, 15) is 13.2 Å². The SMILES string of the molecule is CN=C(NCCCOCC1CCOC1)NCc1ccc(OCC(F)(F)F)cc1. The fourth-order valence-corrected chi connectivity index (χ4v) is 2.62. The van der Waals surface area contributed by atoms with Gasteiger partial charge < -0.3 is 24.8 Å². The van der Waals surface area contributed by atoms with Crippen molar-refractivity contribution in [1.29, 1.82) is 0 Å². The van der Waals surface area contributed by atoms with E-state index in [1.54, 1.807) is 19.2 Å².